The Kier molecular flexibility index (Phi) is 12.8. The van der Waals surface area contributed by atoms with Crippen LogP contribution in [0.1, 0.15) is 87.7 Å². The first-order valence-electron chi connectivity index (χ1n) is 24.7. The molecule has 4 amide bonds. The van der Waals surface area contributed by atoms with Crippen LogP contribution in [0.4, 0.5) is 16.6 Å². The van der Waals surface area contributed by atoms with Gasteiger partial charge in [-0.25, -0.2) is 14.8 Å². The van der Waals surface area contributed by atoms with E-state index in [1.54, 1.807) is 4.68 Å². The van der Waals surface area contributed by atoms with Gasteiger partial charge in [0.15, 0.2) is 10.8 Å². The van der Waals surface area contributed by atoms with Gasteiger partial charge in [0.1, 0.15) is 11.6 Å². The Bertz CT molecular complexity index is 3270. The molecule has 16 nitrogen and oxygen atoms in total. The van der Waals surface area contributed by atoms with E-state index in [4.69, 9.17) is 9.72 Å². The van der Waals surface area contributed by atoms with Crippen molar-refractivity contribution in [2.75, 3.05) is 48.3 Å². The first-order chi connectivity index (χ1) is 34.9. The number of rotatable bonds is 14. The zero-order chi connectivity index (χ0) is 49.6. The van der Waals surface area contributed by atoms with Crippen LogP contribution < -0.4 is 25.6 Å². The first-order valence-corrected chi connectivity index (χ1v) is 25.6. The number of ether oxygens (including phenoxy) is 1. The van der Waals surface area contributed by atoms with E-state index in [0.29, 0.717) is 90.3 Å². The van der Waals surface area contributed by atoms with Gasteiger partial charge in [-0.1, -0.05) is 41.7 Å². The molecule has 2 unspecified atom stereocenters. The Morgan fingerprint density at radius 1 is 0.875 bits per heavy atom. The number of aromatic carboxylic acids is 1. The number of para-hydroxylation sites is 1. The highest BCUT2D eigenvalue weighted by Gasteiger charge is 2.40. The predicted molar refractivity (Wildman–Crippen MR) is 275 cm³/mol. The summed E-state index contributed by atoms with van der Waals surface area (Å²) in [5, 5.41) is 24.9. The normalized spacial score (nSPS) is 19.2. The summed E-state index contributed by atoms with van der Waals surface area (Å²) >= 11 is 1.43. The second kappa shape index (κ2) is 19.6. The maximum Gasteiger partial charge on any atom is 0.355 e. The van der Waals surface area contributed by atoms with E-state index in [1.807, 2.05) is 110 Å². The van der Waals surface area contributed by atoms with Gasteiger partial charge in [0.05, 0.1) is 40.5 Å². The molecule has 2 saturated heterocycles. The number of likely N-dealkylation sites (tertiary alicyclic amines) is 1. The number of piperidine rings is 2. The maximum absolute atomic E-state index is 13.6. The second-order valence-corrected chi connectivity index (χ2v) is 20.7. The first kappa shape index (κ1) is 46.9. The quantitative estimate of drug-likeness (QED) is 0.0761. The number of benzene rings is 4. The number of aryl methyl sites for hydroxylation is 2. The lowest BCUT2D eigenvalue weighted by molar-refractivity contribution is -0.134. The van der Waals surface area contributed by atoms with Crippen LogP contribution in [0, 0.1) is 24.7 Å². The van der Waals surface area contributed by atoms with Crippen LogP contribution in [0.5, 0.6) is 5.75 Å². The highest BCUT2D eigenvalue weighted by atomic mass is 32.1. The number of thiazole rings is 1. The third kappa shape index (κ3) is 9.78. The van der Waals surface area contributed by atoms with Gasteiger partial charge in [0.2, 0.25) is 17.7 Å². The number of carboxylic acids is 1. The van der Waals surface area contributed by atoms with Gasteiger partial charge in [0, 0.05) is 48.8 Å². The highest BCUT2D eigenvalue weighted by molar-refractivity contribution is 7.22. The van der Waals surface area contributed by atoms with E-state index in [9.17, 15) is 29.1 Å². The molecule has 1 aliphatic carbocycles. The van der Waals surface area contributed by atoms with Crippen LogP contribution in [0.2, 0.25) is 0 Å². The average Bonchev–Trinajstić information content (AvgIpc) is 3.85. The Morgan fingerprint density at radius 3 is 2.51 bits per heavy atom. The predicted octanol–water partition coefficient (Wildman–Crippen LogP) is 8.34. The minimum absolute atomic E-state index is 0.0320. The molecular weight excluding hydrogens is 931 g/mol. The molecule has 0 spiro atoms. The number of fused-ring (bicyclic) bond motifs is 3. The number of carboxylic acid groups (broad SMARTS) is 1. The molecule has 4 aliphatic rings. The van der Waals surface area contributed by atoms with Gasteiger partial charge >= 0.3 is 5.97 Å². The summed E-state index contributed by atoms with van der Waals surface area (Å²) in [7, 11) is 1.81. The van der Waals surface area contributed by atoms with Crippen molar-refractivity contribution >= 4 is 78.7 Å². The summed E-state index contributed by atoms with van der Waals surface area (Å²) in [4.78, 5) is 77.3. The van der Waals surface area contributed by atoms with Crippen molar-refractivity contribution in [3.05, 3.63) is 125 Å². The summed E-state index contributed by atoms with van der Waals surface area (Å²) in [5.41, 5.74) is 7.65. The fraction of sp³-hybridized carbons (Fsp3) is 0.345. The molecule has 6 heterocycles. The zero-order valence-corrected chi connectivity index (χ0v) is 41.0. The van der Waals surface area contributed by atoms with Crippen LogP contribution in [0.3, 0.4) is 0 Å². The van der Waals surface area contributed by atoms with Crippen molar-refractivity contribution in [1.82, 2.24) is 30.0 Å². The van der Waals surface area contributed by atoms with E-state index >= 15 is 0 Å². The average molecular weight is 986 g/mol. The van der Waals surface area contributed by atoms with Crippen molar-refractivity contribution in [1.29, 1.82) is 0 Å². The lowest BCUT2D eigenvalue weighted by atomic mass is 9.91. The molecule has 72 heavy (non-hydrogen) atoms. The number of nitrogens with one attached hydrogen (secondary N) is 3. The van der Waals surface area contributed by atoms with Gasteiger partial charge < -0.3 is 20.1 Å². The molecule has 368 valence electrons. The molecule has 17 heteroatoms. The molecular formula is C55H55N9O7S. The molecule has 7 aromatic rings. The number of nitrogens with zero attached hydrogens (tertiary/aromatic N) is 6. The van der Waals surface area contributed by atoms with Crippen LogP contribution in [0.15, 0.2) is 91.0 Å². The number of hydrogen-bond donors (Lipinski definition) is 4. The second-order valence-electron chi connectivity index (χ2n) is 19.7. The smallest absolute Gasteiger partial charge is 0.355 e. The van der Waals surface area contributed by atoms with Gasteiger partial charge in [-0.05, 0) is 159 Å². The summed E-state index contributed by atoms with van der Waals surface area (Å²) < 4.78 is 9.03. The molecule has 0 radical (unpaired) electrons. The Balaban J connectivity index is 0.647. The lowest BCUT2D eigenvalue weighted by Gasteiger charge is -2.31. The number of imide groups is 1. The van der Waals surface area contributed by atoms with Crippen LogP contribution in [-0.4, -0.2) is 92.1 Å². The van der Waals surface area contributed by atoms with E-state index in [2.05, 4.69) is 30.9 Å². The lowest BCUT2D eigenvalue weighted by Crippen LogP contribution is -2.39. The van der Waals surface area contributed by atoms with E-state index in [-0.39, 0.29) is 35.7 Å². The Labute approximate surface area is 419 Å². The van der Waals surface area contributed by atoms with Gasteiger partial charge in [-0.15, -0.1) is 0 Å². The monoisotopic (exact) mass is 985 g/mol. The summed E-state index contributed by atoms with van der Waals surface area (Å²) in [6.45, 7) is 5.69. The van der Waals surface area contributed by atoms with Crippen molar-refractivity contribution in [3.8, 4) is 16.9 Å². The number of anilines is 3. The number of amides is 4. The Hall–Kier alpha value is -7.50. The summed E-state index contributed by atoms with van der Waals surface area (Å²) in [5.74, 6) is 0.524. The fourth-order valence-corrected chi connectivity index (χ4v) is 11.8. The highest BCUT2D eigenvalue weighted by Crippen LogP contribution is 2.45. The number of carbonyl (C=O) groups excluding carboxylic acids is 4. The molecule has 0 bridgehead atoms. The molecule has 4 aromatic carbocycles. The van der Waals surface area contributed by atoms with Crippen LogP contribution >= 0.6 is 11.3 Å². The third-order valence-corrected chi connectivity index (χ3v) is 15.9. The molecule has 3 fully saturated rings. The maximum atomic E-state index is 13.6. The summed E-state index contributed by atoms with van der Waals surface area (Å²) in [6.07, 6.45) is 5.78. The number of hydrogen-bond acceptors (Lipinski definition) is 12. The molecule has 3 aromatic heterocycles. The van der Waals surface area contributed by atoms with Gasteiger partial charge in [-0.2, -0.15) is 5.10 Å². The van der Waals surface area contributed by atoms with Crippen LogP contribution in [0.25, 0.3) is 32.2 Å². The minimum atomic E-state index is -1.11. The standard InChI is InChI=1S/C55H55N9O7S/c1-31-24-37(71-30-35-26-34(35)25-32-18-21-63(22-19-32)29-49(66)56-36-10-12-41-45(27-36)62(2)61-50(41)42-15-17-48(65)59-53(42)68)11-13-38(31)39-14-16-47(58-51(39)54(69)70)64-23-20-33-6-5-7-40(43(33)28-64)52(67)60-55-57-44-8-3-4-9-46(44)72-55/h3-14,16,24,27,32,34-35,42H,15,17-23,25-26,28-30H2,1-2H3,(H,56,66)(H,69,70)(H,57,60,67)(H,59,65,68)/t34-,35?,42?/m0/s1. The molecule has 3 aliphatic heterocycles. The van der Waals surface area contributed by atoms with E-state index < -0.39 is 11.9 Å². The van der Waals surface area contributed by atoms with Crippen molar-refractivity contribution in [2.45, 2.75) is 64.3 Å². The van der Waals surface area contributed by atoms with Gasteiger partial charge in [0.25, 0.3) is 5.91 Å². The zero-order valence-electron chi connectivity index (χ0n) is 40.2. The number of pyridine rings is 1. The topological polar surface area (TPSA) is 201 Å². The molecule has 1 saturated carbocycles. The molecule has 3 atom stereocenters. The number of carbonyl (C=O) groups is 5. The van der Waals surface area contributed by atoms with Gasteiger partial charge in [-0.3, -0.25) is 39.4 Å². The minimum Gasteiger partial charge on any atom is -0.493 e. The largest absolute Gasteiger partial charge is 0.493 e. The van der Waals surface area contributed by atoms with Crippen molar-refractivity contribution < 1.29 is 33.8 Å². The van der Waals surface area contributed by atoms with E-state index in [0.717, 1.165) is 87.9 Å². The molecule has 4 N–H and O–H groups in total. The summed E-state index contributed by atoms with van der Waals surface area (Å²) in [6, 6.07) is 28.6. The van der Waals surface area contributed by atoms with Crippen molar-refractivity contribution in [2.24, 2.45) is 24.8 Å². The van der Waals surface area contributed by atoms with E-state index in [1.165, 1.54) is 11.3 Å². The Morgan fingerprint density at radius 2 is 1.71 bits per heavy atom. The molecule has 11 rings (SSSR count). The third-order valence-electron chi connectivity index (χ3n) is 14.9. The fourth-order valence-electron chi connectivity index (χ4n) is 10.9. The number of aromatic nitrogens is 4. The van der Waals surface area contributed by atoms with Crippen molar-refractivity contribution in [3.63, 3.8) is 0 Å². The van der Waals surface area contributed by atoms with Crippen LogP contribution in [-0.2, 0) is 34.4 Å². The SMILES string of the molecule is Cc1cc(OCC2C[C@@H]2CC2CCN(CC(=O)Nc3ccc4c(C5CCC(=O)NC5=O)nn(C)c4c3)CC2)ccc1-c1ccc(N2CCc3cccc(C(=O)Nc4nc5ccccc5s4)c3C2)nc1C(=O)O.